The summed E-state index contributed by atoms with van der Waals surface area (Å²) >= 11 is 0. The lowest BCUT2D eigenvalue weighted by molar-refractivity contribution is -0.274. The predicted octanol–water partition coefficient (Wildman–Crippen LogP) is 2.90. The lowest BCUT2D eigenvalue weighted by Gasteiger charge is -2.14. The molecule has 112 valence electrons. The third kappa shape index (κ3) is 5.92. The normalized spacial score (nSPS) is 12.8. The molecule has 0 radical (unpaired) electrons. The van der Waals surface area contributed by atoms with Crippen LogP contribution in [0.2, 0.25) is 0 Å². The summed E-state index contributed by atoms with van der Waals surface area (Å²) in [5.41, 5.74) is 5.42. The number of anilines is 1. The van der Waals surface area contributed by atoms with Crippen LogP contribution in [0.25, 0.3) is 0 Å². The van der Waals surface area contributed by atoms with Gasteiger partial charge in [0.2, 0.25) is 5.91 Å². The van der Waals surface area contributed by atoms with Crippen LogP contribution in [-0.4, -0.2) is 18.8 Å². The van der Waals surface area contributed by atoms with E-state index in [0.29, 0.717) is 13.0 Å². The molecular weight excluding hydrogens is 273 g/mol. The van der Waals surface area contributed by atoms with Crippen LogP contribution in [0, 0.1) is 5.92 Å². The van der Waals surface area contributed by atoms with Gasteiger partial charge < -0.3 is 15.8 Å². The summed E-state index contributed by atoms with van der Waals surface area (Å²) in [6, 6.07) is 5.41. The first-order valence-corrected chi connectivity index (χ1v) is 6.16. The number of carbonyl (C=O) groups is 1. The van der Waals surface area contributed by atoms with Crippen molar-refractivity contribution >= 4 is 11.6 Å². The van der Waals surface area contributed by atoms with Crippen LogP contribution >= 0.6 is 0 Å². The monoisotopic (exact) mass is 290 g/mol. The molecule has 1 amide bonds. The number of carbonyl (C=O) groups excluding carboxylic acids is 1. The fraction of sp³-hybridized carbons (Fsp3) is 0.462. The largest absolute Gasteiger partial charge is 0.573 e. The molecule has 0 aromatic heterocycles. The first-order chi connectivity index (χ1) is 9.31. The Kier molecular flexibility index (Phi) is 5.82. The zero-order chi connectivity index (χ0) is 15.2. The van der Waals surface area contributed by atoms with Gasteiger partial charge in [0.15, 0.2) is 5.75 Å². The number of nitrogens with two attached hydrogens (primary N) is 1. The van der Waals surface area contributed by atoms with Crippen molar-refractivity contribution in [1.29, 1.82) is 0 Å². The van der Waals surface area contributed by atoms with Crippen LogP contribution in [0.15, 0.2) is 24.3 Å². The Bertz CT molecular complexity index is 449. The number of para-hydroxylation sites is 2. The third-order valence-electron chi connectivity index (χ3n) is 2.65. The Labute approximate surface area is 115 Å². The van der Waals surface area contributed by atoms with Gasteiger partial charge in [0.1, 0.15) is 0 Å². The van der Waals surface area contributed by atoms with Crippen molar-refractivity contribution in [3.05, 3.63) is 24.3 Å². The summed E-state index contributed by atoms with van der Waals surface area (Å²) in [5, 5.41) is 2.41. The molecule has 0 saturated heterocycles. The summed E-state index contributed by atoms with van der Waals surface area (Å²) < 4.78 is 40.5. The van der Waals surface area contributed by atoms with Crippen LogP contribution < -0.4 is 15.8 Å². The summed E-state index contributed by atoms with van der Waals surface area (Å²) in [6.07, 6.45) is -4.03. The highest BCUT2D eigenvalue weighted by atomic mass is 19.4. The quantitative estimate of drug-likeness (QED) is 0.846. The Morgan fingerprint density at radius 1 is 1.40 bits per heavy atom. The molecular formula is C13H17F3N2O2. The second kappa shape index (κ2) is 7.14. The fourth-order valence-electron chi connectivity index (χ4n) is 1.49. The van der Waals surface area contributed by atoms with E-state index < -0.39 is 12.1 Å². The van der Waals surface area contributed by atoms with Crippen LogP contribution in [0.3, 0.4) is 0 Å². The van der Waals surface area contributed by atoms with Gasteiger partial charge in [-0.15, -0.1) is 13.2 Å². The van der Waals surface area contributed by atoms with Gasteiger partial charge in [0, 0.05) is 6.42 Å². The highest BCUT2D eigenvalue weighted by Crippen LogP contribution is 2.30. The maximum atomic E-state index is 12.2. The molecule has 7 heteroatoms. The van der Waals surface area contributed by atoms with E-state index in [1.807, 2.05) is 6.92 Å². The second-order valence-electron chi connectivity index (χ2n) is 4.47. The Morgan fingerprint density at radius 3 is 2.65 bits per heavy atom. The van der Waals surface area contributed by atoms with Crippen LogP contribution in [0.1, 0.15) is 19.8 Å². The van der Waals surface area contributed by atoms with E-state index in [4.69, 9.17) is 5.73 Å². The molecule has 3 N–H and O–H groups in total. The second-order valence-corrected chi connectivity index (χ2v) is 4.47. The molecule has 4 nitrogen and oxygen atoms in total. The molecule has 0 aliphatic rings. The number of hydrogen-bond donors (Lipinski definition) is 2. The summed E-state index contributed by atoms with van der Waals surface area (Å²) in [4.78, 5) is 11.7. The lowest BCUT2D eigenvalue weighted by atomic mass is 10.1. The van der Waals surface area contributed by atoms with Crippen molar-refractivity contribution in [1.82, 2.24) is 0 Å². The number of rotatable bonds is 6. The van der Waals surface area contributed by atoms with Gasteiger partial charge >= 0.3 is 6.36 Å². The molecule has 1 atom stereocenters. The standard InChI is InChI=1S/C13H17F3N2O2/c1-9(8-17)6-7-12(19)18-10-4-2-3-5-11(10)20-13(14,15)16/h2-5,9H,6-8,17H2,1H3,(H,18,19). The van der Waals surface area contributed by atoms with E-state index in [1.165, 1.54) is 18.2 Å². The molecule has 1 unspecified atom stereocenters. The number of nitrogens with one attached hydrogen (secondary N) is 1. The SMILES string of the molecule is CC(CN)CCC(=O)Nc1ccccc1OC(F)(F)F. The maximum Gasteiger partial charge on any atom is 0.573 e. The highest BCUT2D eigenvalue weighted by molar-refractivity contribution is 5.92. The van der Waals surface area contributed by atoms with Crippen molar-refractivity contribution in [2.24, 2.45) is 11.7 Å². The average molecular weight is 290 g/mol. The fourth-order valence-corrected chi connectivity index (χ4v) is 1.49. The Balaban J connectivity index is 2.65. The molecule has 1 aromatic carbocycles. The lowest BCUT2D eigenvalue weighted by Crippen LogP contribution is -2.20. The molecule has 0 heterocycles. The molecule has 0 bridgehead atoms. The van der Waals surface area contributed by atoms with Crippen LogP contribution in [-0.2, 0) is 4.79 Å². The Morgan fingerprint density at radius 2 is 2.05 bits per heavy atom. The number of amides is 1. The predicted molar refractivity (Wildman–Crippen MR) is 69.2 cm³/mol. The molecule has 0 spiro atoms. The van der Waals surface area contributed by atoms with Gasteiger partial charge in [0.05, 0.1) is 5.69 Å². The topological polar surface area (TPSA) is 64.4 Å². The smallest absolute Gasteiger partial charge is 0.404 e. The number of benzene rings is 1. The van der Waals surface area contributed by atoms with E-state index in [-0.39, 0.29) is 23.9 Å². The molecule has 1 aromatic rings. The minimum atomic E-state index is -4.80. The number of alkyl halides is 3. The number of ether oxygens (including phenoxy) is 1. The van der Waals surface area contributed by atoms with Crippen molar-refractivity contribution < 1.29 is 22.7 Å². The summed E-state index contributed by atoms with van der Waals surface area (Å²) in [5.74, 6) is -0.619. The van der Waals surface area contributed by atoms with E-state index in [9.17, 15) is 18.0 Å². The van der Waals surface area contributed by atoms with E-state index in [0.717, 1.165) is 6.07 Å². The first kappa shape index (κ1) is 16.3. The van der Waals surface area contributed by atoms with Crippen molar-refractivity contribution in [2.45, 2.75) is 26.1 Å². The molecule has 0 aliphatic heterocycles. The zero-order valence-corrected chi connectivity index (χ0v) is 11.0. The highest BCUT2D eigenvalue weighted by Gasteiger charge is 2.32. The van der Waals surface area contributed by atoms with Gasteiger partial charge in [-0.1, -0.05) is 19.1 Å². The minimum Gasteiger partial charge on any atom is -0.404 e. The first-order valence-electron chi connectivity index (χ1n) is 6.16. The van der Waals surface area contributed by atoms with Crippen LogP contribution in [0.4, 0.5) is 18.9 Å². The van der Waals surface area contributed by atoms with Crippen molar-refractivity contribution in [2.75, 3.05) is 11.9 Å². The van der Waals surface area contributed by atoms with E-state index in [1.54, 1.807) is 0 Å². The Hall–Kier alpha value is -1.76. The summed E-state index contributed by atoms with van der Waals surface area (Å²) in [6.45, 7) is 2.36. The molecule has 20 heavy (non-hydrogen) atoms. The van der Waals surface area contributed by atoms with Gasteiger partial charge in [0.25, 0.3) is 0 Å². The van der Waals surface area contributed by atoms with Gasteiger partial charge in [-0.05, 0) is 31.0 Å². The number of halogens is 3. The minimum absolute atomic E-state index is 0.00442. The summed E-state index contributed by atoms with van der Waals surface area (Å²) in [7, 11) is 0. The van der Waals surface area contributed by atoms with E-state index >= 15 is 0 Å². The molecule has 1 rings (SSSR count). The molecule has 0 aliphatic carbocycles. The van der Waals surface area contributed by atoms with Crippen molar-refractivity contribution in [3.63, 3.8) is 0 Å². The molecule has 0 saturated carbocycles. The molecule has 0 fully saturated rings. The van der Waals surface area contributed by atoms with E-state index in [2.05, 4.69) is 10.1 Å². The van der Waals surface area contributed by atoms with Crippen molar-refractivity contribution in [3.8, 4) is 5.75 Å². The third-order valence-corrected chi connectivity index (χ3v) is 2.65. The maximum absolute atomic E-state index is 12.2. The number of hydrogen-bond acceptors (Lipinski definition) is 3. The van der Waals surface area contributed by atoms with Gasteiger partial charge in [-0.25, -0.2) is 0 Å². The average Bonchev–Trinajstić information content (AvgIpc) is 2.36. The zero-order valence-electron chi connectivity index (χ0n) is 11.0. The van der Waals surface area contributed by atoms with Gasteiger partial charge in [-0.2, -0.15) is 0 Å². The van der Waals surface area contributed by atoms with Crippen LogP contribution in [0.5, 0.6) is 5.75 Å². The van der Waals surface area contributed by atoms with Gasteiger partial charge in [-0.3, -0.25) is 4.79 Å².